The van der Waals surface area contributed by atoms with Crippen LogP contribution < -0.4 is 4.90 Å². The van der Waals surface area contributed by atoms with Crippen LogP contribution in [0.1, 0.15) is 36.5 Å². The summed E-state index contributed by atoms with van der Waals surface area (Å²) in [7, 11) is 0. The first-order valence-corrected chi connectivity index (χ1v) is 11.7. The molecule has 0 aromatic heterocycles. The fraction of sp³-hybridized carbons (Fsp3) is 0.538. The molecule has 2 aromatic carbocycles. The summed E-state index contributed by atoms with van der Waals surface area (Å²) in [6.45, 7) is 11.7. The van der Waals surface area contributed by atoms with Gasteiger partial charge in [-0.05, 0) is 66.6 Å². The number of nitrogens with zero attached hydrogens (tertiary/aromatic N) is 2. The van der Waals surface area contributed by atoms with Crippen molar-refractivity contribution in [1.29, 1.82) is 0 Å². The minimum absolute atomic E-state index is 0.0626. The number of morpholine rings is 1. The van der Waals surface area contributed by atoms with Gasteiger partial charge in [-0.3, -0.25) is 4.90 Å². The van der Waals surface area contributed by atoms with Crippen LogP contribution >= 0.6 is 0 Å². The summed E-state index contributed by atoms with van der Waals surface area (Å²) >= 11 is 0. The van der Waals surface area contributed by atoms with Crippen molar-refractivity contribution in [2.45, 2.75) is 45.9 Å². The Balaban J connectivity index is 1.59. The molecule has 168 valence electrons. The first-order chi connectivity index (χ1) is 15.2. The van der Waals surface area contributed by atoms with Gasteiger partial charge in [0.25, 0.3) is 0 Å². The molecule has 0 unspecified atom stereocenters. The third kappa shape index (κ3) is 5.29. The largest absolute Gasteiger partial charge is 0.392 e. The summed E-state index contributed by atoms with van der Waals surface area (Å²) in [5, 5.41) is 10.1. The van der Waals surface area contributed by atoms with Crippen molar-refractivity contribution < 1.29 is 14.6 Å². The van der Waals surface area contributed by atoms with Gasteiger partial charge in [-0.25, -0.2) is 0 Å². The first kappa shape index (κ1) is 22.3. The van der Waals surface area contributed by atoms with E-state index < -0.39 is 0 Å². The van der Waals surface area contributed by atoms with Gasteiger partial charge >= 0.3 is 0 Å². The fourth-order valence-electron chi connectivity index (χ4n) is 4.83. The van der Waals surface area contributed by atoms with E-state index >= 15 is 0 Å². The molecule has 2 aliphatic heterocycles. The molecule has 31 heavy (non-hydrogen) atoms. The normalized spacial score (nSPS) is 18.3. The van der Waals surface area contributed by atoms with Gasteiger partial charge in [0.1, 0.15) is 0 Å². The van der Waals surface area contributed by atoms with Crippen LogP contribution in [0.25, 0.3) is 11.1 Å². The van der Waals surface area contributed by atoms with Crippen LogP contribution in [0, 0.1) is 6.92 Å². The van der Waals surface area contributed by atoms with Crippen LogP contribution in [-0.4, -0.2) is 62.1 Å². The van der Waals surface area contributed by atoms with Gasteiger partial charge in [0.05, 0.1) is 19.8 Å². The van der Waals surface area contributed by atoms with Crippen LogP contribution in [0.4, 0.5) is 5.69 Å². The van der Waals surface area contributed by atoms with E-state index in [2.05, 4.69) is 60.0 Å². The predicted octanol–water partition coefficient (Wildman–Crippen LogP) is 3.99. The molecule has 5 nitrogen and oxygen atoms in total. The Hall–Kier alpha value is -1.92. The summed E-state index contributed by atoms with van der Waals surface area (Å²) < 4.78 is 11.0. The Bertz CT molecular complexity index is 840. The van der Waals surface area contributed by atoms with Crippen molar-refractivity contribution in [1.82, 2.24) is 4.90 Å². The lowest BCUT2D eigenvalue weighted by atomic mass is 9.95. The zero-order valence-corrected chi connectivity index (χ0v) is 19.0. The maximum atomic E-state index is 10.1. The number of aliphatic hydroxyl groups is 1. The Morgan fingerprint density at radius 3 is 2.29 bits per heavy atom. The average Bonchev–Trinajstić information content (AvgIpc) is 2.82. The molecule has 2 fully saturated rings. The van der Waals surface area contributed by atoms with Crippen molar-refractivity contribution in [2.75, 3.05) is 51.0 Å². The summed E-state index contributed by atoms with van der Waals surface area (Å²) in [6, 6.07) is 13.9. The van der Waals surface area contributed by atoms with Crippen LogP contribution in [0.15, 0.2) is 36.4 Å². The van der Waals surface area contributed by atoms with Crippen molar-refractivity contribution in [2.24, 2.45) is 0 Å². The number of rotatable bonds is 7. The number of aliphatic hydroxyl groups excluding tert-OH is 1. The fourth-order valence-corrected chi connectivity index (χ4v) is 4.83. The van der Waals surface area contributed by atoms with Crippen LogP contribution in [-0.2, 0) is 22.6 Å². The van der Waals surface area contributed by atoms with Crippen molar-refractivity contribution in [3.63, 3.8) is 0 Å². The summed E-state index contributed by atoms with van der Waals surface area (Å²) in [5.41, 5.74) is 7.14. The summed E-state index contributed by atoms with van der Waals surface area (Å²) in [4.78, 5) is 4.95. The molecule has 2 aromatic rings. The monoisotopic (exact) mass is 424 g/mol. The van der Waals surface area contributed by atoms with Gasteiger partial charge in [-0.1, -0.05) is 24.3 Å². The molecule has 0 atom stereocenters. The number of hydrogen-bond acceptors (Lipinski definition) is 5. The van der Waals surface area contributed by atoms with E-state index in [0.29, 0.717) is 6.04 Å². The molecule has 0 amide bonds. The Labute approximate surface area is 186 Å². The number of anilines is 1. The lowest BCUT2D eigenvalue weighted by Crippen LogP contribution is -2.40. The molecule has 0 aliphatic carbocycles. The second-order valence-electron chi connectivity index (χ2n) is 8.65. The molecule has 2 heterocycles. The van der Waals surface area contributed by atoms with E-state index in [0.717, 1.165) is 71.0 Å². The van der Waals surface area contributed by atoms with Gasteiger partial charge in [-0.2, -0.15) is 0 Å². The molecule has 0 bridgehead atoms. The summed E-state index contributed by atoms with van der Waals surface area (Å²) in [6.07, 6.45) is 2.12. The van der Waals surface area contributed by atoms with Crippen molar-refractivity contribution in [3.05, 3.63) is 53.1 Å². The minimum atomic E-state index is 0.0626. The van der Waals surface area contributed by atoms with Gasteiger partial charge in [0, 0.05) is 51.1 Å². The van der Waals surface area contributed by atoms with E-state index in [1.54, 1.807) is 0 Å². The highest BCUT2D eigenvalue weighted by atomic mass is 16.5. The van der Waals surface area contributed by atoms with Gasteiger partial charge in [-0.15, -0.1) is 0 Å². The average molecular weight is 425 g/mol. The molecule has 5 heteroatoms. The standard InChI is InChI=1S/C26H36N2O3/c1-3-28(25-8-12-30-13-9-25)26-17-23(16-24(19-29)20(26)2)22-6-4-21(5-7-22)18-27-10-14-31-15-11-27/h4-7,16-17,25,29H,3,8-15,18-19H2,1-2H3. The topological polar surface area (TPSA) is 45.2 Å². The van der Waals surface area contributed by atoms with E-state index in [1.807, 2.05) is 0 Å². The van der Waals surface area contributed by atoms with Crippen molar-refractivity contribution >= 4 is 5.69 Å². The predicted molar refractivity (Wildman–Crippen MR) is 125 cm³/mol. The second-order valence-corrected chi connectivity index (χ2v) is 8.65. The zero-order valence-electron chi connectivity index (χ0n) is 19.0. The van der Waals surface area contributed by atoms with Crippen LogP contribution in [0.5, 0.6) is 0 Å². The van der Waals surface area contributed by atoms with Gasteiger partial charge < -0.3 is 19.5 Å². The van der Waals surface area contributed by atoms with E-state index in [9.17, 15) is 5.11 Å². The Morgan fingerprint density at radius 2 is 1.65 bits per heavy atom. The lowest BCUT2D eigenvalue weighted by Gasteiger charge is -2.37. The Morgan fingerprint density at radius 1 is 0.968 bits per heavy atom. The maximum Gasteiger partial charge on any atom is 0.0685 e. The lowest BCUT2D eigenvalue weighted by molar-refractivity contribution is 0.0342. The molecule has 2 aliphatic rings. The van der Waals surface area contributed by atoms with Crippen molar-refractivity contribution in [3.8, 4) is 11.1 Å². The molecule has 0 saturated carbocycles. The third-order valence-corrected chi connectivity index (χ3v) is 6.74. The number of benzene rings is 2. The summed E-state index contributed by atoms with van der Waals surface area (Å²) in [5.74, 6) is 0. The molecule has 2 saturated heterocycles. The van der Waals surface area contributed by atoms with E-state index in [-0.39, 0.29) is 6.61 Å². The molecular formula is C26H36N2O3. The van der Waals surface area contributed by atoms with Crippen LogP contribution in [0.2, 0.25) is 0 Å². The smallest absolute Gasteiger partial charge is 0.0685 e. The highest BCUT2D eigenvalue weighted by Crippen LogP contribution is 2.34. The van der Waals surface area contributed by atoms with Gasteiger partial charge in [0.15, 0.2) is 0 Å². The SMILES string of the molecule is CCN(c1cc(-c2ccc(CN3CCOCC3)cc2)cc(CO)c1C)C1CCOCC1. The molecular weight excluding hydrogens is 388 g/mol. The van der Waals surface area contributed by atoms with Gasteiger partial charge in [0.2, 0.25) is 0 Å². The zero-order chi connectivity index (χ0) is 21.6. The molecule has 0 radical (unpaired) electrons. The first-order valence-electron chi connectivity index (χ1n) is 11.7. The number of ether oxygens (including phenoxy) is 2. The van der Waals surface area contributed by atoms with Crippen LogP contribution in [0.3, 0.4) is 0 Å². The maximum absolute atomic E-state index is 10.1. The third-order valence-electron chi connectivity index (χ3n) is 6.74. The Kier molecular flexibility index (Phi) is 7.62. The minimum Gasteiger partial charge on any atom is -0.392 e. The quantitative estimate of drug-likeness (QED) is 0.728. The second kappa shape index (κ2) is 10.6. The van der Waals surface area contributed by atoms with E-state index in [4.69, 9.17) is 9.47 Å². The molecule has 4 rings (SSSR count). The van der Waals surface area contributed by atoms with E-state index in [1.165, 1.54) is 27.9 Å². The highest BCUT2D eigenvalue weighted by Gasteiger charge is 2.23. The molecule has 1 N–H and O–H groups in total. The molecule has 0 spiro atoms. The number of hydrogen-bond donors (Lipinski definition) is 1. The highest BCUT2D eigenvalue weighted by molar-refractivity contribution is 5.73.